The van der Waals surface area contributed by atoms with Gasteiger partial charge in [-0.3, -0.25) is 9.20 Å². The fourth-order valence-electron chi connectivity index (χ4n) is 5.63. The van der Waals surface area contributed by atoms with E-state index in [0.29, 0.717) is 36.4 Å². The number of hydrogen-bond donors (Lipinski definition) is 1. The highest BCUT2D eigenvalue weighted by atomic mass is 32.1. The molecule has 0 unspecified atom stereocenters. The number of aromatic nitrogens is 2. The third kappa shape index (κ3) is 5.19. The summed E-state index contributed by atoms with van der Waals surface area (Å²) in [6, 6.07) is 11.3. The van der Waals surface area contributed by atoms with Crippen molar-refractivity contribution in [1.29, 1.82) is 0 Å². The van der Waals surface area contributed by atoms with Crippen LogP contribution in [-0.2, 0) is 0 Å². The summed E-state index contributed by atoms with van der Waals surface area (Å²) in [5, 5.41) is 3.33. The normalized spacial score (nSPS) is 19.4. The van der Waals surface area contributed by atoms with Crippen molar-refractivity contribution in [3.8, 4) is 11.3 Å². The number of benzene rings is 2. The maximum Gasteiger partial charge on any atom is 0.195 e. The molecule has 2 saturated heterocycles. The lowest BCUT2D eigenvalue weighted by Crippen LogP contribution is -2.35. The molecule has 5 nitrogen and oxygen atoms in total. The summed E-state index contributed by atoms with van der Waals surface area (Å²) < 4.78 is 31.3. The van der Waals surface area contributed by atoms with Crippen LogP contribution in [0, 0.1) is 5.82 Å². The van der Waals surface area contributed by atoms with Crippen LogP contribution < -0.4 is 5.32 Å². The lowest BCUT2D eigenvalue weighted by atomic mass is 9.96. The minimum atomic E-state index is -0.647. The van der Waals surface area contributed by atoms with E-state index in [9.17, 15) is 9.18 Å². The van der Waals surface area contributed by atoms with Crippen LogP contribution in [0.4, 0.5) is 8.78 Å². The average Bonchev–Trinajstić information content (AvgIpc) is 3.64. The van der Waals surface area contributed by atoms with Crippen molar-refractivity contribution in [3.63, 3.8) is 0 Å². The maximum absolute atomic E-state index is 15.0. The molecule has 2 aromatic carbocycles. The Morgan fingerprint density at radius 3 is 2.76 bits per heavy atom. The van der Waals surface area contributed by atoms with Crippen molar-refractivity contribution >= 4 is 32.3 Å². The molecule has 1 atom stereocenters. The van der Waals surface area contributed by atoms with Gasteiger partial charge in [0.05, 0.1) is 15.9 Å². The summed E-state index contributed by atoms with van der Waals surface area (Å²) in [5.41, 5.74) is 3.87. The van der Waals surface area contributed by atoms with Gasteiger partial charge in [0.2, 0.25) is 0 Å². The number of hydrogen-bond acceptors (Lipinski definition) is 5. The van der Waals surface area contributed by atoms with Crippen LogP contribution in [0.2, 0.25) is 0 Å². The Morgan fingerprint density at radius 2 is 1.97 bits per heavy atom. The second-order valence-corrected chi connectivity index (χ2v) is 11.4. The van der Waals surface area contributed by atoms with Crippen LogP contribution in [0.3, 0.4) is 0 Å². The Kier molecular flexibility index (Phi) is 7.06. The highest BCUT2D eigenvalue weighted by molar-refractivity contribution is 7.23. The summed E-state index contributed by atoms with van der Waals surface area (Å²) >= 11 is 1.52. The molecular formula is C29H32F2N4OS. The Hall–Kier alpha value is -2.68. The van der Waals surface area contributed by atoms with Crippen LogP contribution >= 0.6 is 11.3 Å². The monoisotopic (exact) mass is 522 g/mol. The minimum absolute atomic E-state index is 0.149. The van der Waals surface area contributed by atoms with Gasteiger partial charge in [0.1, 0.15) is 12.0 Å². The van der Waals surface area contributed by atoms with E-state index in [2.05, 4.69) is 10.2 Å². The average molecular weight is 523 g/mol. The van der Waals surface area contributed by atoms with E-state index in [1.165, 1.54) is 11.3 Å². The van der Waals surface area contributed by atoms with E-state index in [0.717, 1.165) is 78.3 Å². The SMILES string of the molecule is O=C(CCCCN1CCC(F)CC1)c1ccc2c(c1)sc1nc(-c3ccc([C@@H]4CCNC4)cc3F)cn12. The molecule has 2 aliphatic heterocycles. The van der Waals surface area contributed by atoms with Gasteiger partial charge in [0, 0.05) is 43.4 Å². The lowest BCUT2D eigenvalue weighted by Gasteiger charge is -2.28. The standard InChI is InChI=1S/C29H32F2N4OS/c30-22-9-13-34(14-10-22)12-2-1-3-27(36)20-5-7-26-28(16-20)37-29-33-25(18-35(26)29)23-6-4-19(15-24(23)31)21-8-11-32-17-21/h4-7,15-16,18,21-22,32H,1-3,8-14,17H2/t21-/m1/s1. The molecule has 0 radical (unpaired) electrons. The van der Waals surface area contributed by atoms with Gasteiger partial charge >= 0.3 is 0 Å². The first-order chi connectivity index (χ1) is 18.0. The van der Waals surface area contributed by atoms with Crippen molar-refractivity contribution < 1.29 is 13.6 Å². The molecular weight excluding hydrogens is 490 g/mol. The van der Waals surface area contributed by atoms with Gasteiger partial charge in [-0.05, 0) is 87.0 Å². The number of halogens is 2. The van der Waals surface area contributed by atoms with Gasteiger partial charge in [-0.1, -0.05) is 17.4 Å². The van der Waals surface area contributed by atoms with Gasteiger partial charge in [0.25, 0.3) is 0 Å². The van der Waals surface area contributed by atoms with Crippen LogP contribution in [0.15, 0.2) is 42.6 Å². The van der Waals surface area contributed by atoms with E-state index in [1.54, 1.807) is 6.07 Å². The molecule has 0 amide bonds. The predicted octanol–water partition coefficient (Wildman–Crippen LogP) is 6.22. The Morgan fingerprint density at radius 1 is 1.11 bits per heavy atom. The number of fused-ring (bicyclic) bond motifs is 3. The number of alkyl halides is 1. The number of ketones is 1. The van der Waals surface area contributed by atoms with Crippen molar-refractivity contribution in [2.75, 3.05) is 32.7 Å². The summed E-state index contributed by atoms with van der Waals surface area (Å²) in [5.74, 6) is 0.282. The first kappa shape index (κ1) is 24.6. The fourth-order valence-corrected chi connectivity index (χ4v) is 6.67. The maximum atomic E-state index is 15.0. The Bertz CT molecular complexity index is 1420. The zero-order valence-electron chi connectivity index (χ0n) is 20.9. The summed E-state index contributed by atoms with van der Waals surface area (Å²) in [6.07, 6.45) is 5.85. The van der Waals surface area contributed by atoms with E-state index < -0.39 is 6.17 Å². The van der Waals surface area contributed by atoms with Crippen LogP contribution in [-0.4, -0.2) is 59.0 Å². The smallest absolute Gasteiger partial charge is 0.195 e. The third-order valence-corrected chi connectivity index (χ3v) is 8.88. The number of imidazole rings is 1. The topological polar surface area (TPSA) is 49.6 Å². The molecule has 0 aliphatic carbocycles. The molecule has 194 valence electrons. The van der Waals surface area contributed by atoms with E-state index in [4.69, 9.17) is 4.98 Å². The van der Waals surface area contributed by atoms with Crippen molar-refractivity contribution in [1.82, 2.24) is 19.6 Å². The van der Waals surface area contributed by atoms with Gasteiger partial charge in [0.15, 0.2) is 10.7 Å². The number of carbonyl (C=O) groups excluding carboxylic acids is 1. The van der Waals surface area contributed by atoms with Crippen LogP contribution in [0.1, 0.15) is 60.4 Å². The highest BCUT2D eigenvalue weighted by Crippen LogP contribution is 2.33. The van der Waals surface area contributed by atoms with Gasteiger partial charge in [-0.15, -0.1) is 0 Å². The second-order valence-electron chi connectivity index (χ2n) is 10.4. The number of piperidine rings is 1. The first-order valence-electron chi connectivity index (χ1n) is 13.4. The quantitative estimate of drug-likeness (QED) is 0.221. The number of rotatable bonds is 8. The van der Waals surface area contributed by atoms with Gasteiger partial charge in [-0.2, -0.15) is 0 Å². The molecule has 6 rings (SSSR count). The summed E-state index contributed by atoms with van der Waals surface area (Å²) in [6.45, 7) is 4.46. The molecule has 4 aromatic rings. The van der Waals surface area contributed by atoms with Gasteiger partial charge in [-0.25, -0.2) is 13.8 Å². The third-order valence-electron chi connectivity index (χ3n) is 7.86. The molecule has 1 N–H and O–H groups in total. The number of thiazole rings is 1. The number of Topliss-reactive ketones (excluding diaryl/α,β-unsaturated/α-hetero) is 1. The predicted molar refractivity (Wildman–Crippen MR) is 145 cm³/mol. The largest absolute Gasteiger partial charge is 0.316 e. The Balaban J connectivity index is 1.12. The molecule has 0 bridgehead atoms. The van der Waals surface area contributed by atoms with Crippen LogP contribution in [0.25, 0.3) is 26.4 Å². The molecule has 0 spiro atoms. The van der Waals surface area contributed by atoms with E-state index >= 15 is 4.39 Å². The molecule has 8 heteroatoms. The van der Waals surface area contributed by atoms with Crippen LogP contribution in [0.5, 0.6) is 0 Å². The molecule has 2 aromatic heterocycles. The minimum Gasteiger partial charge on any atom is -0.316 e. The van der Waals surface area contributed by atoms with Crippen molar-refractivity contribution in [3.05, 3.63) is 59.5 Å². The van der Waals surface area contributed by atoms with E-state index in [1.807, 2.05) is 40.9 Å². The number of carbonyl (C=O) groups is 1. The van der Waals surface area contributed by atoms with Gasteiger partial charge < -0.3 is 10.2 Å². The zero-order valence-corrected chi connectivity index (χ0v) is 21.7. The number of nitrogens with one attached hydrogen (secondary N) is 1. The molecule has 4 heterocycles. The summed E-state index contributed by atoms with van der Waals surface area (Å²) in [4.78, 5) is 20.6. The van der Waals surface area contributed by atoms with Crippen molar-refractivity contribution in [2.45, 2.75) is 50.6 Å². The van der Waals surface area contributed by atoms with E-state index in [-0.39, 0.29) is 11.6 Å². The fraction of sp³-hybridized carbons (Fsp3) is 0.448. The Labute approximate surface area is 219 Å². The number of unbranched alkanes of at least 4 members (excludes halogenated alkanes) is 1. The second kappa shape index (κ2) is 10.6. The zero-order chi connectivity index (χ0) is 25.4. The highest BCUT2D eigenvalue weighted by Gasteiger charge is 2.20. The molecule has 2 aliphatic rings. The summed E-state index contributed by atoms with van der Waals surface area (Å²) in [7, 11) is 0. The number of likely N-dealkylation sites (tertiary alicyclic amines) is 1. The molecule has 2 fully saturated rings. The molecule has 37 heavy (non-hydrogen) atoms. The lowest BCUT2D eigenvalue weighted by molar-refractivity contribution is 0.0976. The molecule has 0 saturated carbocycles. The number of nitrogens with zero attached hydrogens (tertiary/aromatic N) is 3. The van der Waals surface area contributed by atoms with Crippen molar-refractivity contribution in [2.24, 2.45) is 0 Å². The first-order valence-corrected chi connectivity index (χ1v) is 14.2.